The first-order chi connectivity index (χ1) is 10.2. The number of hydrogen-bond donors (Lipinski definition) is 0. The molecule has 0 bridgehead atoms. The van der Waals surface area contributed by atoms with Gasteiger partial charge < -0.3 is 9.47 Å². The molecule has 0 heterocycles. The van der Waals surface area contributed by atoms with Crippen LogP contribution in [0.1, 0.15) is 22.8 Å². The van der Waals surface area contributed by atoms with Crippen molar-refractivity contribution in [3.8, 4) is 17.6 Å². The third-order valence-electron chi connectivity index (χ3n) is 2.84. The van der Waals surface area contributed by atoms with Crippen LogP contribution in [-0.4, -0.2) is 19.0 Å². The number of nitriles is 1. The summed E-state index contributed by atoms with van der Waals surface area (Å²) in [7, 11) is 0. The molecule has 21 heavy (non-hydrogen) atoms. The van der Waals surface area contributed by atoms with Crippen molar-refractivity contribution < 1.29 is 14.3 Å². The Hall–Kier alpha value is -2.80. The van der Waals surface area contributed by atoms with Crippen LogP contribution >= 0.6 is 0 Å². The highest BCUT2D eigenvalue weighted by Gasteiger charge is 2.12. The lowest BCUT2D eigenvalue weighted by atomic mass is 10.1. The second-order valence-corrected chi connectivity index (χ2v) is 4.28. The van der Waals surface area contributed by atoms with Gasteiger partial charge in [-0.1, -0.05) is 12.1 Å². The van der Waals surface area contributed by atoms with Gasteiger partial charge in [-0.25, -0.2) is 0 Å². The number of para-hydroxylation sites is 1. The summed E-state index contributed by atoms with van der Waals surface area (Å²) in [5, 5.41) is 8.72. The molecule has 0 aromatic heterocycles. The second-order valence-electron chi connectivity index (χ2n) is 4.28. The van der Waals surface area contributed by atoms with Crippen molar-refractivity contribution >= 4 is 5.78 Å². The van der Waals surface area contributed by atoms with Gasteiger partial charge >= 0.3 is 0 Å². The van der Waals surface area contributed by atoms with Crippen LogP contribution in [0.15, 0.2) is 48.5 Å². The fourth-order valence-corrected chi connectivity index (χ4v) is 1.83. The summed E-state index contributed by atoms with van der Waals surface area (Å²) in [6, 6.07) is 15.7. The molecule has 0 amide bonds. The van der Waals surface area contributed by atoms with Gasteiger partial charge in [-0.15, -0.1) is 0 Å². The first kappa shape index (κ1) is 14.6. The van der Waals surface area contributed by atoms with Crippen LogP contribution in [0.4, 0.5) is 0 Å². The average molecular weight is 281 g/mol. The molecule has 0 unspecified atom stereocenters. The van der Waals surface area contributed by atoms with Gasteiger partial charge in [0.2, 0.25) is 5.78 Å². The molecule has 0 aliphatic carbocycles. The van der Waals surface area contributed by atoms with Gasteiger partial charge in [-0.3, -0.25) is 4.79 Å². The Morgan fingerprint density at radius 2 is 1.81 bits per heavy atom. The van der Waals surface area contributed by atoms with Crippen molar-refractivity contribution in [1.29, 1.82) is 5.26 Å². The zero-order valence-corrected chi connectivity index (χ0v) is 11.7. The van der Waals surface area contributed by atoms with Gasteiger partial charge in [0.15, 0.2) is 6.61 Å². The number of rotatable bonds is 6. The maximum Gasteiger partial charge on any atom is 0.203 e. The molecule has 0 N–H and O–H groups in total. The number of benzene rings is 2. The van der Waals surface area contributed by atoms with Gasteiger partial charge in [0.1, 0.15) is 11.5 Å². The summed E-state index contributed by atoms with van der Waals surface area (Å²) < 4.78 is 10.9. The van der Waals surface area contributed by atoms with Crippen LogP contribution in [0, 0.1) is 11.3 Å². The predicted molar refractivity (Wildman–Crippen MR) is 78.6 cm³/mol. The molecule has 0 saturated carbocycles. The first-order valence-corrected chi connectivity index (χ1v) is 6.62. The van der Waals surface area contributed by atoms with E-state index in [0.29, 0.717) is 29.2 Å². The molecule has 106 valence electrons. The van der Waals surface area contributed by atoms with Crippen molar-refractivity contribution in [2.75, 3.05) is 13.2 Å². The lowest BCUT2D eigenvalue weighted by Gasteiger charge is -2.10. The Kier molecular flexibility index (Phi) is 4.94. The van der Waals surface area contributed by atoms with E-state index in [2.05, 4.69) is 0 Å². The van der Waals surface area contributed by atoms with E-state index in [1.165, 1.54) is 0 Å². The van der Waals surface area contributed by atoms with Gasteiger partial charge in [-0.2, -0.15) is 5.26 Å². The van der Waals surface area contributed by atoms with E-state index in [-0.39, 0.29) is 12.4 Å². The Morgan fingerprint density at radius 1 is 1.10 bits per heavy atom. The minimum absolute atomic E-state index is 0.0734. The Balaban J connectivity index is 2.03. The van der Waals surface area contributed by atoms with E-state index in [1.807, 2.05) is 19.1 Å². The average Bonchev–Trinajstić information content (AvgIpc) is 2.54. The molecule has 0 radical (unpaired) electrons. The number of ketones is 1. The van der Waals surface area contributed by atoms with Gasteiger partial charge in [-0.05, 0) is 43.3 Å². The molecule has 0 saturated heterocycles. The summed E-state index contributed by atoms with van der Waals surface area (Å²) in [4.78, 5) is 12.2. The number of Topliss-reactive ketones (excluding diaryl/α,β-unsaturated/α-hetero) is 1. The van der Waals surface area contributed by atoms with Crippen molar-refractivity contribution in [3.63, 3.8) is 0 Å². The lowest BCUT2D eigenvalue weighted by molar-refractivity contribution is 0.0917. The second kappa shape index (κ2) is 7.11. The van der Waals surface area contributed by atoms with Gasteiger partial charge in [0, 0.05) is 0 Å². The van der Waals surface area contributed by atoms with Crippen molar-refractivity contribution in [2.24, 2.45) is 0 Å². The summed E-state index contributed by atoms with van der Waals surface area (Å²) in [5.74, 6) is 0.966. The van der Waals surface area contributed by atoms with Crippen LogP contribution in [0.5, 0.6) is 11.5 Å². The fraction of sp³-hybridized carbons (Fsp3) is 0.176. The third-order valence-corrected chi connectivity index (χ3v) is 2.84. The maximum atomic E-state index is 12.2. The molecule has 0 atom stereocenters. The van der Waals surface area contributed by atoms with Crippen molar-refractivity contribution in [3.05, 3.63) is 59.7 Å². The molecule has 0 spiro atoms. The van der Waals surface area contributed by atoms with Crippen LogP contribution in [0.3, 0.4) is 0 Å². The number of hydrogen-bond acceptors (Lipinski definition) is 4. The molecule has 4 heteroatoms. The molecular formula is C17H15NO3. The van der Waals surface area contributed by atoms with E-state index in [0.717, 1.165) is 0 Å². The van der Waals surface area contributed by atoms with E-state index >= 15 is 0 Å². The first-order valence-electron chi connectivity index (χ1n) is 6.62. The topological polar surface area (TPSA) is 59.3 Å². The van der Waals surface area contributed by atoms with E-state index in [9.17, 15) is 4.79 Å². The van der Waals surface area contributed by atoms with Gasteiger partial charge in [0.25, 0.3) is 0 Å². The van der Waals surface area contributed by atoms with E-state index in [1.54, 1.807) is 42.5 Å². The van der Waals surface area contributed by atoms with Crippen molar-refractivity contribution in [1.82, 2.24) is 0 Å². The minimum atomic E-state index is -0.150. The highest BCUT2D eigenvalue weighted by molar-refractivity contribution is 5.99. The summed E-state index contributed by atoms with van der Waals surface area (Å²) in [5.41, 5.74) is 1.06. The molecular weight excluding hydrogens is 266 g/mol. The molecule has 4 nitrogen and oxygen atoms in total. The molecule has 0 fully saturated rings. The van der Waals surface area contributed by atoms with Crippen LogP contribution in [0.2, 0.25) is 0 Å². The fourth-order valence-electron chi connectivity index (χ4n) is 1.83. The molecule has 2 rings (SSSR count). The van der Waals surface area contributed by atoms with Crippen LogP contribution in [0.25, 0.3) is 0 Å². The summed E-state index contributed by atoms with van der Waals surface area (Å²) >= 11 is 0. The van der Waals surface area contributed by atoms with Crippen LogP contribution in [-0.2, 0) is 0 Å². The standard InChI is InChI=1S/C17H15NO3/c1-2-20-17-6-4-3-5-15(17)16(19)12-21-14-9-7-13(11-18)8-10-14/h3-10H,2,12H2,1H3. The zero-order valence-electron chi connectivity index (χ0n) is 11.7. The Labute approximate surface area is 123 Å². The zero-order chi connectivity index (χ0) is 15.1. The van der Waals surface area contributed by atoms with Gasteiger partial charge in [0.05, 0.1) is 23.8 Å². The predicted octanol–water partition coefficient (Wildman–Crippen LogP) is 3.22. The Morgan fingerprint density at radius 3 is 2.48 bits per heavy atom. The smallest absolute Gasteiger partial charge is 0.203 e. The number of carbonyl (C=O) groups excluding carboxylic acids is 1. The highest BCUT2D eigenvalue weighted by atomic mass is 16.5. The molecule has 2 aromatic carbocycles. The largest absolute Gasteiger partial charge is 0.493 e. The molecule has 0 aliphatic heterocycles. The molecule has 2 aromatic rings. The molecule has 0 aliphatic rings. The number of nitrogens with zero attached hydrogens (tertiary/aromatic N) is 1. The quantitative estimate of drug-likeness (QED) is 0.763. The monoisotopic (exact) mass is 281 g/mol. The number of carbonyl (C=O) groups is 1. The normalized spacial score (nSPS) is 9.71. The van der Waals surface area contributed by atoms with Crippen molar-refractivity contribution in [2.45, 2.75) is 6.92 Å². The maximum absolute atomic E-state index is 12.2. The summed E-state index contributed by atoms with van der Waals surface area (Å²) in [6.45, 7) is 2.30. The third kappa shape index (κ3) is 3.83. The van der Waals surface area contributed by atoms with Crippen LogP contribution < -0.4 is 9.47 Å². The summed E-state index contributed by atoms with van der Waals surface area (Å²) in [6.07, 6.45) is 0. The Bertz CT molecular complexity index is 656. The number of ether oxygens (including phenoxy) is 2. The SMILES string of the molecule is CCOc1ccccc1C(=O)COc1ccc(C#N)cc1. The lowest BCUT2D eigenvalue weighted by Crippen LogP contribution is -2.13. The van der Waals surface area contributed by atoms with E-state index < -0.39 is 0 Å². The minimum Gasteiger partial charge on any atom is -0.493 e. The van der Waals surface area contributed by atoms with E-state index in [4.69, 9.17) is 14.7 Å². The highest BCUT2D eigenvalue weighted by Crippen LogP contribution is 2.19.